The first-order chi connectivity index (χ1) is 13.9. The Hall–Kier alpha value is -1.86. The summed E-state index contributed by atoms with van der Waals surface area (Å²) in [4.78, 5) is 0. The second kappa shape index (κ2) is 10.4. The van der Waals surface area contributed by atoms with Crippen molar-refractivity contribution in [2.45, 2.75) is 64.8 Å². The lowest BCUT2D eigenvalue weighted by atomic mass is 10.1. The van der Waals surface area contributed by atoms with Gasteiger partial charge >= 0.3 is 0 Å². The Balaban J connectivity index is 2.05. The Bertz CT molecular complexity index is 729. The molecule has 4 N–H and O–H groups in total. The van der Waals surface area contributed by atoms with Crippen LogP contribution in [0.5, 0.6) is 11.5 Å². The molecule has 168 valence electrons. The number of aliphatic hydroxyl groups is 2. The van der Waals surface area contributed by atoms with Crippen molar-refractivity contribution in [2.75, 3.05) is 26.3 Å². The third-order valence-electron chi connectivity index (χ3n) is 4.41. The zero-order valence-corrected chi connectivity index (χ0v) is 19.2. The molecule has 0 aliphatic rings. The number of hydrogen-bond acceptors (Lipinski definition) is 6. The fourth-order valence-corrected chi connectivity index (χ4v) is 2.76. The van der Waals surface area contributed by atoms with Crippen LogP contribution in [-0.4, -0.2) is 59.8 Å². The van der Waals surface area contributed by atoms with Crippen LogP contribution in [0.2, 0.25) is 0 Å². The van der Waals surface area contributed by atoms with Crippen molar-refractivity contribution >= 4 is 10.8 Å². The molecule has 0 heterocycles. The number of β-amino-alcohol motifs (C(OH)–C–C–N with tert-alkyl or cyclic N) is 2. The number of fused-ring (bicyclic) bond motifs is 1. The monoisotopic (exact) mass is 418 g/mol. The molecule has 0 radical (unpaired) electrons. The highest BCUT2D eigenvalue weighted by atomic mass is 16.5. The molecule has 0 amide bonds. The number of rotatable bonds is 10. The third-order valence-corrected chi connectivity index (χ3v) is 4.41. The van der Waals surface area contributed by atoms with Gasteiger partial charge in [0, 0.05) is 24.2 Å². The fraction of sp³-hybridized carbons (Fsp3) is 0.583. The summed E-state index contributed by atoms with van der Waals surface area (Å²) < 4.78 is 11.8. The molecule has 6 heteroatoms. The number of hydrogen-bond donors (Lipinski definition) is 4. The zero-order chi connectivity index (χ0) is 22.4. The van der Waals surface area contributed by atoms with E-state index in [9.17, 15) is 10.2 Å². The van der Waals surface area contributed by atoms with Gasteiger partial charge in [0.1, 0.15) is 25.4 Å². The van der Waals surface area contributed by atoms with Gasteiger partial charge in [-0.2, -0.15) is 0 Å². The van der Waals surface area contributed by atoms with Gasteiger partial charge in [-0.1, -0.05) is 24.3 Å². The van der Waals surface area contributed by atoms with E-state index in [1.54, 1.807) is 0 Å². The van der Waals surface area contributed by atoms with Gasteiger partial charge < -0.3 is 30.3 Å². The van der Waals surface area contributed by atoms with Gasteiger partial charge in [0.2, 0.25) is 0 Å². The fourth-order valence-electron chi connectivity index (χ4n) is 2.76. The molecule has 0 unspecified atom stereocenters. The van der Waals surface area contributed by atoms with Gasteiger partial charge in [-0.25, -0.2) is 0 Å². The molecule has 0 saturated carbocycles. The summed E-state index contributed by atoms with van der Waals surface area (Å²) in [6, 6.07) is 11.8. The molecule has 2 aromatic rings. The van der Waals surface area contributed by atoms with Gasteiger partial charge in [0.15, 0.2) is 11.5 Å². The summed E-state index contributed by atoms with van der Waals surface area (Å²) in [6.45, 7) is 13.5. The van der Waals surface area contributed by atoms with Gasteiger partial charge in [-0.05, 0) is 64.4 Å². The van der Waals surface area contributed by atoms with Crippen LogP contribution in [0.4, 0.5) is 0 Å². The van der Waals surface area contributed by atoms with Crippen LogP contribution in [0.25, 0.3) is 10.8 Å². The summed E-state index contributed by atoms with van der Waals surface area (Å²) in [5, 5.41) is 29.1. The molecule has 0 bridgehead atoms. The van der Waals surface area contributed by atoms with E-state index in [1.807, 2.05) is 36.4 Å². The minimum atomic E-state index is -0.648. The molecule has 0 spiro atoms. The van der Waals surface area contributed by atoms with Crippen LogP contribution in [0.1, 0.15) is 41.5 Å². The van der Waals surface area contributed by atoms with Crippen LogP contribution >= 0.6 is 0 Å². The van der Waals surface area contributed by atoms with Crippen molar-refractivity contribution in [3.05, 3.63) is 36.4 Å². The Morgan fingerprint density at radius 1 is 0.733 bits per heavy atom. The second-order valence-corrected chi connectivity index (χ2v) is 9.84. The molecule has 0 aliphatic heterocycles. The lowest BCUT2D eigenvalue weighted by Gasteiger charge is -2.24. The van der Waals surface area contributed by atoms with Crippen molar-refractivity contribution in [1.82, 2.24) is 10.6 Å². The van der Waals surface area contributed by atoms with Crippen LogP contribution in [0.3, 0.4) is 0 Å². The summed E-state index contributed by atoms with van der Waals surface area (Å²) in [5.41, 5.74) is -0.148. The first kappa shape index (κ1) is 24.4. The van der Waals surface area contributed by atoms with Gasteiger partial charge in [-0.15, -0.1) is 0 Å². The summed E-state index contributed by atoms with van der Waals surface area (Å²) >= 11 is 0. The molecule has 2 atom stereocenters. The maximum atomic E-state index is 10.3. The minimum Gasteiger partial charge on any atom is -0.487 e. The number of nitrogens with one attached hydrogen (secondary N) is 2. The summed E-state index contributed by atoms with van der Waals surface area (Å²) in [5.74, 6) is 1.11. The normalized spacial score (nSPS) is 14.5. The Morgan fingerprint density at radius 3 is 1.43 bits per heavy atom. The maximum absolute atomic E-state index is 10.3. The largest absolute Gasteiger partial charge is 0.487 e. The highest BCUT2D eigenvalue weighted by molar-refractivity contribution is 5.86. The molecular formula is C24H38N2O4. The van der Waals surface area contributed by atoms with Crippen LogP contribution < -0.4 is 20.1 Å². The van der Waals surface area contributed by atoms with Gasteiger partial charge in [0.05, 0.1) is 0 Å². The summed E-state index contributed by atoms with van der Waals surface area (Å²) in [6.07, 6.45) is -1.30. The lowest BCUT2D eigenvalue weighted by Crippen LogP contribution is -2.42. The molecule has 0 aliphatic carbocycles. The zero-order valence-electron chi connectivity index (χ0n) is 19.2. The first-order valence-corrected chi connectivity index (χ1v) is 10.6. The van der Waals surface area contributed by atoms with Crippen molar-refractivity contribution in [2.24, 2.45) is 0 Å². The first-order valence-electron chi connectivity index (χ1n) is 10.6. The predicted molar refractivity (Wildman–Crippen MR) is 122 cm³/mol. The van der Waals surface area contributed by atoms with E-state index in [4.69, 9.17) is 9.47 Å². The average molecular weight is 419 g/mol. The molecule has 2 aromatic carbocycles. The van der Waals surface area contributed by atoms with E-state index >= 15 is 0 Å². The van der Waals surface area contributed by atoms with Crippen LogP contribution in [-0.2, 0) is 0 Å². The minimum absolute atomic E-state index is 0.0740. The molecular weight excluding hydrogens is 380 g/mol. The number of aliphatic hydroxyl groups excluding tert-OH is 2. The van der Waals surface area contributed by atoms with Crippen LogP contribution in [0.15, 0.2) is 36.4 Å². The smallest absolute Gasteiger partial charge is 0.161 e. The standard InChI is InChI=1S/C24H38N2O4/c1-23(2,3)25-13-19(27)15-29-21-11-17-9-7-8-10-18(17)12-22(21)30-16-20(28)14-26-24(4,5)6/h7-12,19-20,25-28H,13-16H2,1-6H3/t19-,20-/m1/s1. The maximum Gasteiger partial charge on any atom is 0.161 e. The molecule has 0 saturated heterocycles. The van der Waals surface area contributed by atoms with E-state index in [0.29, 0.717) is 24.6 Å². The quantitative estimate of drug-likeness (QED) is 0.475. The number of benzene rings is 2. The van der Waals surface area contributed by atoms with E-state index in [-0.39, 0.29) is 24.3 Å². The summed E-state index contributed by atoms with van der Waals surface area (Å²) in [7, 11) is 0. The SMILES string of the molecule is CC(C)(C)NC[C@@H](O)COc1cc2ccccc2cc1OC[C@H](O)CNC(C)(C)C. The van der Waals surface area contributed by atoms with E-state index in [0.717, 1.165) is 10.8 Å². The topological polar surface area (TPSA) is 83.0 Å². The Morgan fingerprint density at radius 2 is 1.10 bits per heavy atom. The van der Waals surface area contributed by atoms with Gasteiger partial charge in [0.25, 0.3) is 0 Å². The molecule has 30 heavy (non-hydrogen) atoms. The molecule has 0 aromatic heterocycles. The molecule has 0 fully saturated rings. The van der Waals surface area contributed by atoms with E-state index in [1.165, 1.54) is 0 Å². The average Bonchev–Trinajstić information content (AvgIpc) is 2.66. The van der Waals surface area contributed by atoms with Crippen molar-refractivity contribution in [3.8, 4) is 11.5 Å². The lowest BCUT2D eigenvalue weighted by molar-refractivity contribution is 0.0873. The second-order valence-electron chi connectivity index (χ2n) is 9.84. The van der Waals surface area contributed by atoms with Crippen LogP contribution in [0, 0.1) is 0 Å². The number of ether oxygens (including phenoxy) is 2. The molecule has 2 rings (SSSR count). The Kier molecular flexibility index (Phi) is 8.50. The highest BCUT2D eigenvalue weighted by Gasteiger charge is 2.16. The Labute approximate surface area is 180 Å². The van der Waals surface area contributed by atoms with Gasteiger partial charge in [-0.3, -0.25) is 0 Å². The molecule has 6 nitrogen and oxygen atoms in total. The third kappa shape index (κ3) is 8.88. The van der Waals surface area contributed by atoms with E-state index < -0.39 is 12.2 Å². The van der Waals surface area contributed by atoms with E-state index in [2.05, 4.69) is 52.2 Å². The highest BCUT2D eigenvalue weighted by Crippen LogP contribution is 2.33. The predicted octanol–water partition coefficient (Wildman–Crippen LogP) is 3.10. The van der Waals surface area contributed by atoms with Crippen molar-refractivity contribution in [1.29, 1.82) is 0 Å². The van der Waals surface area contributed by atoms with Crippen molar-refractivity contribution in [3.63, 3.8) is 0 Å². The van der Waals surface area contributed by atoms with Crippen molar-refractivity contribution < 1.29 is 19.7 Å².